The van der Waals surface area contributed by atoms with Crippen molar-refractivity contribution in [3.8, 4) is 56.3 Å². The van der Waals surface area contributed by atoms with Crippen LogP contribution in [0, 0.1) is 0 Å². The van der Waals surface area contributed by atoms with E-state index in [0.717, 1.165) is 39.2 Å². The monoisotopic (exact) mass is 714 g/mol. The van der Waals surface area contributed by atoms with Crippen LogP contribution in [0.5, 0.6) is 0 Å². The van der Waals surface area contributed by atoms with Gasteiger partial charge in [0.15, 0.2) is 5.82 Å². The van der Waals surface area contributed by atoms with Crippen LogP contribution in [0.25, 0.3) is 99.9 Å². The standard InChI is InChI=1S/C52H34N4/c1-3-12-35(13-4-1)36-22-24-37(25-23-36)47-30-31-53-52(54-47)40-14-11-17-42(32-40)56-49-21-10-8-19-44(49)46-34-39(27-29-51(46)56)38-26-28-50-45(33-38)43-18-7-9-20-48(43)55(50)41-15-5-2-6-16-41/h1-34H. The normalized spacial score (nSPS) is 11.6. The summed E-state index contributed by atoms with van der Waals surface area (Å²) in [7, 11) is 0. The molecule has 0 aliphatic heterocycles. The Hall–Kier alpha value is -7.56. The van der Waals surface area contributed by atoms with Crippen LogP contribution in [0.4, 0.5) is 0 Å². The van der Waals surface area contributed by atoms with E-state index in [1.807, 2.05) is 18.3 Å². The van der Waals surface area contributed by atoms with Crippen molar-refractivity contribution in [2.75, 3.05) is 0 Å². The molecule has 8 aromatic carbocycles. The molecule has 0 saturated carbocycles. The van der Waals surface area contributed by atoms with E-state index in [0.29, 0.717) is 5.82 Å². The molecule has 3 heterocycles. The number of hydrogen-bond donors (Lipinski definition) is 0. The second-order valence-electron chi connectivity index (χ2n) is 14.3. The first-order valence-electron chi connectivity index (χ1n) is 19.0. The molecule has 11 aromatic rings. The van der Waals surface area contributed by atoms with Crippen molar-refractivity contribution < 1.29 is 0 Å². The zero-order valence-corrected chi connectivity index (χ0v) is 30.4. The summed E-state index contributed by atoms with van der Waals surface area (Å²) in [4.78, 5) is 9.78. The molecule has 0 radical (unpaired) electrons. The second kappa shape index (κ2) is 13.1. The predicted octanol–water partition coefficient (Wildman–Crippen LogP) is 13.3. The van der Waals surface area contributed by atoms with Gasteiger partial charge in [-0.25, -0.2) is 9.97 Å². The fraction of sp³-hybridized carbons (Fsp3) is 0. The maximum absolute atomic E-state index is 5.05. The van der Waals surface area contributed by atoms with Crippen LogP contribution in [0.3, 0.4) is 0 Å². The Morgan fingerprint density at radius 2 is 0.786 bits per heavy atom. The first-order valence-corrected chi connectivity index (χ1v) is 19.0. The molecule has 0 bridgehead atoms. The Morgan fingerprint density at radius 3 is 1.45 bits per heavy atom. The molecule has 0 aliphatic rings. The molecule has 0 N–H and O–H groups in total. The van der Waals surface area contributed by atoms with Crippen molar-refractivity contribution >= 4 is 43.6 Å². The van der Waals surface area contributed by atoms with Gasteiger partial charge in [0.05, 0.1) is 27.8 Å². The molecular weight excluding hydrogens is 681 g/mol. The van der Waals surface area contributed by atoms with Crippen molar-refractivity contribution in [2.45, 2.75) is 0 Å². The third-order valence-electron chi connectivity index (χ3n) is 11.0. The molecular formula is C52H34N4. The minimum atomic E-state index is 0.698. The molecule has 0 spiro atoms. The fourth-order valence-corrected chi connectivity index (χ4v) is 8.35. The second-order valence-corrected chi connectivity index (χ2v) is 14.3. The van der Waals surface area contributed by atoms with Crippen LogP contribution in [0.15, 0.2) is 206 Å². The molecule has 262 valence electrons. The summed E-state index contributed by atoms with van der Waals surface area (Å²) in [5.74, 6) is 0.698. The molecule has 0 amide bonds. The number of fused-ring (bicyclic) bond motifs is 6. The van der Waals surface area contributed by atoms with Crippen molar-refractivity contribution in [2.24, 2.45) is 0 Å². The lowest BCUT2D eigenvalue weighted by molar-refractivity contribution is 1.16. The average Bonchev–Trinajstić information content (AvgIpc) is 3.79. The van der Waals surface area contributed by atoms with E-state index < -0.39 is 0 Å². The van der Waals surface area contributed by atoms with E-state index in [9.17, 15) is 0 Å². The van der Waals surface area contributed by atoms with Crippen LogP contribution >= 0.6 is 0 Å². The van der Waals surface area contributed by atoms with Crippen LogP contribution in [0.2, 0.25) is 0 Å². The van der Waals surface area contributed by atoms with E-state index in [4.69, 9.17) is 9.97 Å². The first kappa shape index (κ1) is 31.9. The Balaban J connectivity index is 0.984. The summed E-state index contributed by atoms with van der Waals surface area (Å²) in [6.07, 6.45) is 1.86. The highest BCUT2D eigenvalue weighted by atomic mass is 15.0. The number of nitrogens with zero attached hydrogens (tertiary/aromatic N) is 4. The number of para-hydroxylation sites is 3. The van der Waals surface area contributed by atoms with E-state index >= 15 is 0 Å². The van der Waals surface area contributed by atoms with Gasteiger partial charge >= 0.3 is 0 Å². The highest BCUT2D eigenvalue weighted by Crippen LogP contribution is 2.38. The number of rotatable bonds is 6. The molecule has 0 atom stereocenters. The van der Waals surface area contributed by atoms with Gasteiger partial charge in [0.1, 0.15) is 0 Å². The van der Waals surface area contributed by atoms with Gasteiger partial charge in [-0.1, -0.05) is 133 Å². The summed E-state index contributed by atoms with van der Waals surface area (Å²) in [6.45, 7) is 0. The Labute approximate surface area is 324 Å². The highest BCUT2D eigenvalue weighted by Gasteiger charge is 2.17. The predicted molar refractivity (Wildman–Crippen MR) is 232 cm³/mol. The van der Waals surface area contributed by atoms with E-state index in [-0.39, 0.29) is 0 Å². The SMILES string of the molecule is c1ccc(-c2ccc(-c3ccnc(-c4cccc(-n5c6ccccc6c6cc(-c7ccc8c(c7)c7ccccc7n8-c7ccccc7)ccc65)c4)n3)cc2)cc1. The molecule has 0 unspecified atom stereocenters. The highest BCUT2D eigenvalue weighted by molar-refractivity contribution is 6.12. The van der Waals surface area contributed by atoms with E-state index in [1.54, 1.807) is 0 Å². The summed E-state index contributed by atoms with van der Waals surface area (Å²) >= 11 is 0. The van der Waals surface area contributed by atoms with Gasteiger partial charge < -0.3 is 9.13 Å². The maximum atomic E-state index is 5.05. The Morgan fingerprint density at radius 1 is 0.304 bits per heavy atom. The average molecular weight is 715 g/mol. The third kappa shape index (κ3) is 5.31. The minimum absolute atomic E-state index is 0.698. The fourth-order valence-electron chi connectivity index (χ4n) is 8.35. The lowest BCUT2D eigenvalue weighted by Gasteiger charge is -2.11. The largest absolute Gasteiger partial charge is 0.309 e. The van der Waals surface area contributed by atoms with Crippen LogP contribution in [0.1, 0.15) is 0 Å². The van der Waals surface area contributed by atoms with Crippen molar-refractivity contribution in [1.29, 1.82) is 0 Å². The van der Waals surface area contributed by atoms with E-state index in [1.165, 1.54) is 54.8 Å². The van der Waals surface area contributed by atoms with Gasteiger partial charge in [-0.2, -0.15) is 0 Å². The molecule has 0 fully saturated rings. The molecule has 4 heteroatoms. The Kier molecular flexibility index (Phi) is 7.46. The van der Waals surface area contributed by atoms with Gasteiger partial charge in [0.2, 0.25) is 0 Å². The molecule has 0 aliphatic carbocycles. The van der Waals surface area contributed by atoms with Crippen molar-refractivity contribution in [3.63, 3.8) is 0 Å². The molecule has 3 aromatic heterocycles. The van der Waals surface area contributed by atoms with Gasteiger partial charge in [-0.05, 0) is 89.0 Å². The zero-order chi connectivity index (χ0) is 37.0. The van der Waals surface area contributed by atoms with Gasteiger partial charge in [0.25, 0.3) is 0 Å². The summed E-state index contributed by atoms with van der Waals surface area (Å²) < 4.78 is 4.73. The molecule has 4 nitrogen and oxygen atoms in total. The number of benzene rings is 8. The molecule has 56 heavy (non-hydrogen) atoms. The van der Waals surface area contributed by atoms with Gasteiger partial charge in [-0.15, -0.1) is 0 Å². The van der Waals surface area contributed by atoms with Crippen molar-refractivity contribution in [1.82, 2.24) is 19.1 Å². The van der Waals surface area contributed by atoms with Crippen LogP contribution < -0.4 is 0 Å². The zero-order valence-electron chi connectivity index (χ0n) is 30.4. The number of aromatic nitrogens is 4. The van der Waals surface area contributed by atoms with Crippen LogP contribution in [-0.4, -0.2) is 19.1 Å². The molecule has 0 saturated heterocycles. The summed E-state index contributed by atoms with van der Waals surface area (Å²) in [6, 6.07) is 71.4. The van der Waals surface area contributed by atoms with Gasteiger partial charge in [-0.3, -0.25) is 0 Å². The van der Waals surface area contributed by atoms with Gasteiger partial charge in [0, 0.05) is 50.2 Å². The quantitative estimate of drug-likeness (QED) is 0.172. The summed E-state index contributed by atoms with van der Waals surface area (Å²) in [5.41, 5.74) is 14.6. The Bertz CT molecular complexity index is 3230. The number of hydrogen-bond acceptors (Lipinski definition) is 2. The lowest BCUT2D eigenvalue weighted by atomic mass is 10.0. The van der Waals surface area contributed by atoms with Crippen LogP contribution in [-0.2, 0) is 0 Å². The third-order valence-corrected chi connectivity index (χ3v) is 11.0. The lowest BCUT2D eigenvalue weighted by Crippen LogP contribution is -1.96. The van der Waals surface area contributed by atoms with Crippen molar-refractivity contribution in [3.05, 3.63) is 206 Å². The maximum Gasteiger partial charge on any atom is 0.159 e. The van der Waals surface area contributed by atoms with E-state index in [2.05, 4.69) is 197 Å². The molecule has 11 rings (SSSR count). The smallest absolute Gasteiger partial charge is 0.159 e. The topological polar surface area (TPSA) is 35.6 Å². The first-order chi connectivity index (χ1) is 27.8. The summed E-state index contributed by atoms with van der Waals surface area (Å²) in [5, 5.41) is 4.93. The minimum Gasteiger partial charge on any atom is -0.309 e.